The molecule has 0 spiro atoms. The third-order valence-corrected chi connectivity index (χ3v) is 5.35. The highest BCUT2D eigenvalue weighted by Gasteiger charge is 2.14. The van der Waals surface area contributed by atoms with Crippen molar-refractivity contribution in [2.75, 3.05) is 5.32 Å². The number of benzene rings is 2. The summed E-state index contributed by atoms with van der Waals surface area (Å²) in [6.07, 6.45) is 2.00. The minimum Gasteiger partial charge on any atom is -0.457 e. The quantitative estimate of drug-likeness (QED) is 0.308. The van der Waals surface area contributed by atoms with Gasteiger partial charge < -0.3 is 4.42 Å². The van der Waals surface area contributed by atoms with Gasteiger partial charge in [-0.25, -0.2) is 0 Å². The first kappa shape index (κ1) is 20.5. The molecule has 31 heavy (non-hydrogen) atoms. The van der Waals surface area contributed by atoms with Crippen LogP contribution in [0.25, 0.3) is 17.4 Å². The van der Waals surface area contributed by atoms with Crippen LogP contribution >= 0.6 is 22.9 Å². The highest BCUT2D eigenvalue weighted by atomic mass is 35.5. The van der Waals surface area contributed by atoms with Gasteiger partial charge in [0, 0.05) is 23.1 Å². The Kier molecular flexibility index (Phi) is 6.22. The molecule has 2 heterocycles. The molecule has 6 nitrogen and oxygen atoms in total. The zero-order valence-corrected chi connectivity index (χ0v) is 17.7. The zero-order chi connectivity index (χ0) is 21.6. The number of nitrogens with zero attached hydrogens (tertiary/aromatic N) is 3. The van der Waals surface area contributed by atoms with Crippen molar-refractivity contribution < 1.29 is 9.21 Å². The number of anilines is 1. The molecule has 4 aromatic rings. The Morgan fingerprint density at radius 3 is 2.74 bits per heavy atom. The number of halogens is 1. The molecule has 0 aliphatic heterocycles. The lowest BCUT2D eigenvalue weighted by Crippen LogP contribution is -2.13. The summed E-state index contributed by atoms with van der Waals surface area (Å²) >= 11 is 7.28. The van der Waals surface area contributed by atoms with E-state index in [0.29, 0.717) is 28.1 Å². The van der Waals surface area contributed by atoms with Gasteiger partial charge in [-0.15, -0.1) is 10.2 Å². The van der Waals surface area contributed by atoms with Crippen molar-refractivity contribution in [1.29, 1.82) is 5.26 Å². The number of hydrogen-bond donors (Lipinski definition) is 1. The van der Waals surface area contributed by atoms with Crippen LogP contribution in [0.2, 0.25) is 5.02 Å². The lowest BCUT2D eigenvalue weighted by Gasteiger charge is -1.99. The van der Waals surface area contributed by atoms with Crippen LogP contribution in [0, 0.1) is 11.3 Å². The molecule has 1 N–H and O–H groups in total. The second-order valence-corrected chi connectivity index (χ2v) is 8.00. The fourth-order valence-electron chi connectivity index (χ4n) is 2.83. The summed E-state index contributed by atoms with van der Waals surface area (Å²) in [5.41, 5.74) is 1.80. The van der Waals surface area contributed by atoms with E-state index in [1.54, 1.807) is 24.3 Å². The molecule has 0 radical (unpaired) electrons. The first-order valence-electron chi connectivity index (χ1n) is 9.26. The van der Waals surface area contributed by atoms with Gasteiger partial charge in [0.25, 0.3) is 5.91 Å². The summed E-state index contributed by atoms with van der Waals surface area (Å²) in [4.78, 5) is 12.5. The van der Waals surface area contributed by atoms with Crippen LogP contribution in [-0.2, 0) is 11.2 Å². The molecular formula is C23H15ClN4O2S. The highest BCUT2D eigenvalue weighted by molar-refractivity contribution is 7.15. The van der Waals surface area contributed by atoms with Crippen molar-refractivity contribution in [2.45, 2.75) is 6.42 Å². The zero-order valence-electron chi connectivity index (χ0n) is 16.1. The van der Waals surface area contributed by atoms with E-state index in [9.17, 15) is 10.1 Å². The molecule has 8 heteroatoms. The Balaban J connectivity index is 1.45. The van der Waals surface area contributed by atoms with Crippen molar-refractivity contribution in [1.82, 2.24) is 10.2 Å². The molecule has 0 fully saturated rings. The molecule has 0 aliphatic rings. The van der Waals surface area contributed by atoms with E-state index in [1.165, 1.54) is 17.4 Å². The first-order chi connectivity index (χ1) is 15.1. The third kappa shape index (κ3) is 5.25. The SMILES string of the molecule is N#C/C(=C/c1ccc(-c2cccc(Cl)c2)o1)C(=O)Nc1nnc(Cc2ccccc2)s1. The normalized spacial score (nSPS) is 11.2. The number of rotatable bonds is 6. The molecule has 0 bridgehead atoms. The fraction of sp³-hybridized carbons (Fsp3) is 0.0435. The summed E-state index contributed by atoms with van der Waals surface area (Å²) in [7, 11) is 0. The summed E-state index contributed by atoms with van der Waals surface area (Å²) in [6, 6.07) is 22.4. The number of nitrogens with one attached hydrogen (secondary N) is 1. The van der Waals surface area contributed by atoms with Crippen molar-refractivity contribution in [2.24, 2.45) is 0 Å². The molecule has 0 saturated carbocycles. The molecule has 0 aliphatic carbocycles. The Morgan fingerprint density at radius 1 is 1.13 bits per heavy atom. The number of aromatic nitrogens is 2. The van der Waals surface area contributed by atoms with Crippen molar-refractivity contribution in [3.05, 3.63) is 93.7 Å². The van der Waals surface area contributed by atoms with E-state index >= 15 is 0 Å². The van der Waals surface area contributed by atoms with Crippen LogP contribution < -0.4 is 5.32 Å². The number of carbonyl (C=O) groups excluding carboxylic acids is 1. The molecule has 0 saturated heterocycles. The topological polar surface area (TPSA) is 91.8 Å². The summed E-state index contributed by atoms with van der Waals surface area (Å²) in [5.74, 6) is 0.385. The van der Waals surface area contributed by atoms with Gasteiger partial charge in [-0.3, -0.25) is 10.1 Å². The van der Waals surface area contributed by atoms with Gasteiger partial charge in [0.1, 0.15) is 28.2 Å². The largest absolute Gasteiger partial charge is 0.457 e. The predicted molar refractivity (Wildman–Crippen MR) is 121 cm³/mol. The Hall–Kier alpha value is -3.73. The van der Waals surface area contributed by atoms with E-state index in [2.05, 4.69) is 15.5 Å². The second-order valence-electron chi connectivity index (χ2n) is 6.50. The lowest BCUT2D eigenvalue weighted by molar-refractivity contribution is -0.112. The Bertz CT molecular complexity index is 1290. The number of amides is 1. The van der Waals surface area contributed by atoms with Crippen LogP contribution in [0.1, 0.15) is 16.3 Å². The molecule has 2 aromatic carbocycles. The Morgan fingerprint density at radius 2 is 1.97 bits per heavy atom. The third-order valence-electron chi connectivity index (χ3n) is 4.27. The van der Waals surface area contributed by atoms with Crippen LogP contribution in [0.3, 0.4) is 0 Å². The van der Waals surface area contributed by atoms with E-state index in [1.807, 2.05) is 48.5 Å². The van der Waals surface area contributed by atoms with Gasteiger partial charge in [0.05, 0.1) is 0 Å². The lowest BCUT2D eigenvalue weighted by atomic mass is 10.2. The summed E-state index contributed by atoms with van der Waals surface area (Å²) in [5, 5.41) is 21.8. The van der Waals surface area contributed by atoms with Crippen LogP contribution in [0.15, 0.2) is 76.7 Å². The number of hydrogen-bond acceptors (Lipinski definition) is 6. The maximum atomic E-state index is 12.5. The summed E-state index contributed by atoms with van der Waals surface area (Å²) in [6.45, 7) is 0. The average molecular weight is 447 g/mol. The van der Waals surface area contributed by atoms with Crippen molar-refractivity contribution in [3.63, 3.8) is 0 Å². The summed E-state index contributed by atoms with van der Waals surface area (Å²) < 4.78 is 5.74. The van der Waals surface area contributed by atoms with Crippen LogP contribution in [0.5, 0.6) is 0 Å². The molecule has 2 aromatic heterocycles. The number of furan rings is 1. The van der Waals surface area contributed by atoms with E-state index in [-0.39, 0.29) is 5.57 Å². The van der Waals surface area contributed by atoms with E-state index in [0.717, 1.165) is 16.1 Å². The van der Waals surface area contributed by atoms with Gasteiger partial charge in [-0.1, -0.05) is 65.4 Å². The maximum absolute atomic E-state index is 12.5. The molecule has 4 rings (SSSR count). The smallest absolute Gasteiger partial charge is 0.268 e. The Labute approximate surface area is 187 Å². The average Bonchev–Trinajstić information content (AvgIpc) is 3.42. The highest BCUT2D eigenvalue weighted by Crippen LogP contribution is 2.26. The second kappa shape index (κ2) is 9.39. The fourth-order valence-corrected chi connectivity index (χ4v) is 3.79. The standard InChI is InChI=1S/C23H15ClN4O2S/c24-18-8-4-7-16(12-18)20-10-9-19(30-20)13-17(14-25)22(29)26-23-28-27-21(31-23)11-15-5-2-1-3-6-15/h1-10,12-13H,11H2,(H,26,28,29)/b17-13-. The van der Waals surface area contributed by atoms with E-state index < -0.39 is 5.91 Å². The van der Waals surface area contributed by atoms with E-state index in [4.69, 9.17) is 16.0 Å². The maximum Gasteiger partial charge on any atom is 0.268 e. The van der Waals surface area contributed by atoms with Crippen LogP contribution in [-0.4, -0.2) is 16.1 Å². The molecule has 0 unspecified atom stereocenters. The van der Waals surface area contributed by atoms with Gasteiger partial charge in [-0.05, 0) is 29.8 Å². The first-order valence-corrected chi connectivity index (χ1v) is 10.5. The van der Waals surface area contributed by atoms with Gasteiger partial charge in [-0.2, -0.15) is 5.26 Å². The predicted octanol–water partition coefficient (Wildman–Crippen LogP) is 5.59. The van der Waals surface area contributed by atoms with Gasteiger partial charge in [0.15, 0.2) is 0 Å². The van der Waals surface area contributed by atoms with Gasteiger partial charge >= 0.3 is 0 Å². The minimum absolute atomic E-state index is 0.105. The number of nitriles is 1. The molecular weight excluding hydrogens is 432 g/mol. The molecule has 1 amide bonds. The minimum atomic E-state index is -0.578. The number of carbonyl (C=O) groups is 1. The van der Waals surface area contributed by atoms with Crippen molar-refractivity contribution in [3.8, 4) is 17.4 Å². The molecule has 152 valence electrons. The monoisotopic (exact) mass is 446 g/mol. The van der Waals surface area contributed by atoms with Crippen molar-refractivity contribution >= 4 is 40.1 Å². The van der Waals surface area contributed by atoms with Crippen LogP contribution in [0.4, 0.5) is 5.13 Å². The van der Waals surface area contributed by atoms with Gasteiger partial charge in [0.2, 0.25) is 5.13 Å². The molecule has 0 atom stereocenters.